The van der Waals surface area contributed by atoms with E-state index in [2.05, 4.69) is 6.92 Å². The summed E-state index contributed by atoms with van der Waals surface area (Å²) < 4.78 is 10.2. The van der Waals surface area contributed by atoms with E-state index in [0.29, 0.717) is 23.5 Å². The van der Waals surface area contributed by atoms with E-state index in [9.17, 15) is 9.59 Å². The fourth-order valence-corrected chi connectivity index (χ4v) is 2.23. The van der Waals surface area contributed by atoms with Crippen LogP contribution in [0, 0.1) is 0 Å². The predicted octanol–water partition coefficient (Wildman–Crippen LogP) is 4.43. The van der Waals surface area contributed by atoms with Gasteiger partial charge in [0.2, 0.25) is 0 Å². The summed E-state index contributed by atoms with van der Waals surface area (Å²) in [6.07, 6.45) is 3.29. The first kappa shape index (κ1) is 17.7. The third-order valence-electron chi connectivity index (χ3n) is 3.58. The normalized spacial score (nSPS) is 10.2. The first-order valence-corrected chi connectivity index (χ1v) is 8.22. The van der Waals surface area contributed by atoms with Crippen LogP contribution < -0.4 is 4.74 Å². The maximum Gasteiger partial charge on any atom is 0.343 e. The molecule has 0 unspecified atom stereocenters. The highest BCUT2D eigenvalue weighted by atomic mass is 16.5. The van der Waals surface area contributed by atoms with Crippen molar-refractivity contribution in [1.82, 2.24) is 0 Å². The van der Waals surface area contributed by atoms with Gasteiger partial charge in [-0.2, -0.15) is 0 Å². The molecule has 0 radical (unpaired) electrons. The second-order valence-electron chi connectivity index (χ2n) is 5.43. The van der Waals surface area contributed by atoms with Crippen molar-refractivity contribution >= 4 is 11.9 Å². The minimum absolute atomic E-state index is 0.323. The van der Waals surface area contributed by atoms with Crippen LogP contribution >= 0.6 is 0 Å². The van der Waals surface area contributed by atoms with Gasteiger partial charge in [-0.3, -0.25) is 0 Å². The van der Waals surface area contributed by atoms with Gasteiger partial charge >= 0.3 is 11.9 Å². The number of ether oxygens (including phenoxy) is 2. The molecule has 24 heavy (non-hydrogen) atoms. The largest absolute Gasteiger partial charge is 0.462 e. The summed E-state index contributed by atoms with van der Waals surface area (Å²) in [5, 5.41) is 0. The van der Waals surface area contributed by atoms with Gasteiger partial charge in [-0.05, 0) is 61.7 Å². The van der Waals surface area contributed by atoms with E-state index >= 15 is 0 Å². The van der Waals surface area contributed by atoms with Crippen LogP contribution in [0.15, 0.2) is 48.5 Å². The van der Waals surface area contributed by atoms with Crippen LogP contribution in [-0.2, 0) is 11.2 Å². The molecule has 0 aromatic heterocycles. The van der Waals surface area contributed by atoms with Crippen molar-refractivity contribution in [3.05, 3.63) is 65.2 Å². The van der Waals surface area contributed by atoms with Crippen LogP contribution in [0.3, 0.4) is 0 Å². The number of hydrogen-bond donors (Lipinski definition) is 0. The lowest BCUT2D eigenvalue weighted by atomic mass is 10.1. The SMILES string of the molecule is CCCCc1ccc(C(=O)Oc2ccc(C(=O)OCC)cc2)cc1. The Bertz CT molecular complexity index is 672. The van der Waals surface area contributed by atoms with Crippen molar-refractivity contribution in [2.75, 3.05) is 6.61 Å². The number of benzene rings is 2. The molecule has 0 bridgehead atoms. The molecular formula is C20H22O4. The van der Waals surface area contributed by atoms with E-state index in [-0.39, 0.29) is 0 Å². The van der Waals surface area contributed by atoms with Gasteiger partial charge in [0.15, 0.2) is 0 Å². The van der Waals surface area contributed by atoms with Gasteiger partial charge in [0, 0.05) is 0 Å². The maximum absolute atomic E-state index is 12.1. The zero-order valence-electron chi connectivity index (χ0n) is 14.1. The topological polar surface area (TPSA) is 52.6 Å². The van der Waals surface area contributed by atoms with Gasteiger partial charge in [0.1, 0.15) is 5.75 Å². The van der Waals surface area contributed by atoms with Crippen LogP contribution in [0.4, 0.5) is 0 Å². The molecule has 0 N–H and O–H groups in total. The van der Waals surface area contributed by atoms with Crippen LogP contribution in [0.1, 0.15) is 53.0 Å². The Morgan fingerprint density at radius 3 is 2.00 bits per heavy atom. The van der Waals surface area contributed by atoms with E-state index in [1.54, 1.807) is 43.3 Å². The van der Waals surface area contributed by atoms with E-state index in [0.717, 1.165) is 19.3 Å². The first-order chi connectivity index (χ1) is 11.6. The summed E-state index contributed by atoms with van der Waals surface area (Å²) in [6, 6.07) is 13.8. The Morgan fingerprint density at radius 2 is 1.42 bits per heavy atom. The van der Waals surface area contributed by atoms with Crippen molar-refractivity contribution in [2.24, 2.45) is 0 Å². The van der Waals surface area contributed by atoms with E-state index in [4.69, 9.17) is 9.47 Å². The minimum Gasteiger partial charge on any atom is -0.462 e. The van der Waals surface area contributed by atoms with Crippen LogP contribution in [0.2, 0.25) is 0 Å². The Balaban J connectivity index is 1.97. The summed E-state index contributed by atoms with van der Waals surface area (Å²) in [6.45, 7) is 4.23. The molecule has 0 amide bonds. The Labute approximate surface area is 142 Å². The van der Waals surface area contributed by atoms with Crippen LogP contribution in [-0.4, -0.2) is 18.5 Å². The van der Waals surface area contributed by atoms with Crippen molar-refractivity contribution in [3.8, 4) is 5.75 Å². The summed E-state index contributed by atoms with van der Waals surface area (Å²) in [7, 11) is 0. The summed E-state index contributed by atoms with van der Waals surface area (Å²) in [5.74, 6) is -0.415. The lowest BCUT2D eigenvalue weighted by molar-refractivity contribution is 0.0526. The molecule has 0 aliphatic heterocycles. The van der Waals surface area contributed by atoms with Crippen molar-refractivity contribution in [2.45, 2.75) is 33.1 Å². The van der Waals surface area contributed by atoms with Crippen molar-refractivity contribution in [3.63, 3.8) is 0 Å². The second kappa shape index (κ2) is 8.87. The van der Waals surface area contributed by atoms with Gasteiger partial charge in [0.25, 0.3) is 0 Å². The maximum atomic E-state index is 12.1. The molecule has 4 nitrogen and oxygen atoms in total. The quantitative estimate of drug-likeness (QED) is 0.558. The number of hydrogen-bond acceptors (Lipinski definition) is 4. The smallest absolute Gasteiger partial charge is 0.343 e. The fraction of sp³-hybridized carbons (Fsp3) is 0.300. The van der Waals surface area contributed by atoms with Gasteiger partial charge in [-0.25, -0.2) is 9.59 Å². The molecule has 2 aromatic rings. The average Bonchev–Trinajstić information content (AvgIpc) is 2.61. The average molecular weight is 326 g/mol. The highest BCUT2D eigenvalue weighted by Crippen LogP contribution is 2.16. The van der Waals surface area contributed by atoms with Crippen molar-refractivity contribution < 1.29 is 19.1 Å². The molecule has 0 saturated carbocycles. The van der Waals surface area contributed by atoms with E-state index in [1.165, 1.54) is 5.56 Å². The summed E-state index contributed by atoms with van der Waals surface area (Å²) in [4.78, 5) is 23.7. The van der Waals surface area contributed by atoms with E-state index in [1.807, 2.05) is 12.1 Å². The Morgan fingerprint density at radius 1 is 0.833 bits per heavy atom. The lowest BCUT2D eigenvalue weighted by Gasteiger charge is -2.06. The molecule has 0 atom stereocenters. The van der Waals surface area contributed by atoms with Gasteiger partial charge in [0.05, 0.1) is 17.7 Å². The zero-order chi connectivity index (χ0) is 17.4. The second-order valence-corrected chi connectivity index (χ2v) is 5.43. The fourth-order valence-electron chi connectivity index (χ4n) is 2.23. The molecule has 0 saturated heterocycles. The third-order valence-corrected chi connectivity index (χ3v) is 3.58. The number of rotatable bonds is 7. The number of carbonyl (C=O) groups excluding carboxylic acids is 2. The molecule has 0 spiro atoms. The third kappa shape index (κ3) is 4.95. The molecule has 2 rings (SSSR count). The highest BCUT2D eigenvalue weighted by Gasteiger charge is 2.10. The standard InChI is InChI=1S/C20H22O4/c1-3-5-6-15-7-9-17(10-8-15)20(22)24-18-13-11-16(12-14-18)19(21)23-4-2/h7-14H,3-6H2,1-2H3. The van der Waals surface area contributed by atoms with Crippen LogP contribution in [0.5, 0.6) is 5.75 Å². The summed E-state index contributed by atoms with van der Waals surface area (Å²) in [5.41, 5.74) is 2.15. The van der Waals surface area contributed by atoms with Gasteiger partial charge in [-0.15, -0.1) is 0 Å². The number of esters is 2. The number of aryl methyl sites for hydroxylation is 1. The molecule has 0 aliphatic rings. The zero-order valence-corrected chi connectivity index (χ0v) is 14.1. The summed E-state index contributed by atoms with van der Waals surface area (Å²) >= 11 is 0. The predicted molar refractivity (Wildman–Crippen MR) is 92.4 cm³/mol. The first-order valence-electron chi connectivity index (χ1n) is 8.22. The van der Waals surface area contributed by atoms with Crippen molar-refractivity contribution in [1.29, 1.82) is 0 Å². The highest BCUT2D eigenvalue weighted by molar-refractivity contribution is 5.92. The molecule has 0 aliphatic carbocycles. The van der Waals surface area contributed by atoms with Crippen LogP contribution in [0.25, 0.3) is 0 Å². The molecule has 0 heterocycles. The molecule has 126 valence electrons. The molecular weight excluding hydrogens is 304 g/mol. The lowest BCUT2D eigenvalue weighted by Crippen LogP contribution is -2.09. The van der Waals surface area contributed by atoms with Gasteiger partial charge in [-0.1, -0.05) is 25.5 Å². The molecule has 4 heteroatoms. The number of unbranched alkanes of at least 4 members (excludes halogenated alkanes) is 1. The van der Waals surface area contributed by atoms with Gasteiger partial charge < -0.3 is 9.47 Å². The number of carbonyl (C=O) groups is 2. The molecule has 0 fully saturated rings. The minimum atomic E-state index is -0.416. The Hall–Kier alpha value is -2.62. The monoisotopic (exact) mass is 326 g/mol. The van der Waals surface area contributed by atoms with E-state index < -0.39 is 11.9 Å². The molecule has 2 aromatic carbocycles. The Kier molecular flexibility index (Phi) is 6.55.